The zero-order valence-electron chi connectivity index (χ0n) is 8.64. The second-order valence-electron chi connectivity index (χ2n) is 3.61. The van der Waals surface area contributed by atoms with E-state index >= 15 is 0 Å². The average molecular weight is 262 g/mol. The maximum Gasteiger partial charge on any atom is 0.258 e. The van der Waals surface area contributed by atoms with Crippen LogP contribution in [0.5, 0.6) is 0 Å². The molecule has 0 spiro atoms. The molecule has 90 valence electrons. The van der Waals surface area contributed by atoms with Gasteiger partial charge in [-0.3, -0.25) is 5.10 Å². The molecule has 1 atom stereocenters. The third-order valence-electron chi connectivity index (χ3n) is 2.42. The molecule has 0 amide bonds. The topological polar surface area (TPSA) is 101 Å². The number of hydrogen-bond acceptors (Lipinski definition) is 5. The normalized spacial score (nSPS) is 21.4. The summed E-state index contributed by atoms with van der Waals surface area (Å²) in [5, 5.41) is 6.28. The summed E-state index contributed by atoms with van der Waals surface area (Å²) in [6, 6.07) is 0.0175. The fourth-order valence-electron chi connectivity index (χ4n) is 1.58. The number of rotatable bonds is 4. The molecular formula is C8H14N4O2S2. The average Bonchev–Trinajstić information content (AvgIpc) is 2.85. The van der Waals surface area contributed by atoms with Crippen molar-refractivity contribution in [3.63, 3.8) is 0 Å². The van der Waals surface area contributed by atoms with E-state index in [1.807, 2.05) is 0 Å². The van der Waals surface area contributed by atoms with Crippen molar-refractivity contribution in [1.82, 2.24) is 14.9 Å². The number of aromatic nitrogens is 2. The van der Waals surface area contributed by atoms with Gasteiger partial charge in [0.25, 0.3) is 10.0 Å². The van der Waals surface area contributed by atoms with E-state index < -0.39 is 10.0 Å². The van der Waals surface area contributed by atoms with E-state index in [9.17, 15) is 8.42 Å². The van der Waals surface area contributed by atoms with Gasteiger partial charge in [-0.2, -0.15) is 16.9 Å². The van der Waals surface area contributed by atoms with Crippen molar-refractivity contribution >= 4 is 21.8 Å². The molecule has 0 bridgehead atoms. The van der Waals surface area contributed by atoms with Gasteiger partial charge in [0.1, 0.15) is 0 Å². The van der Waals surface area contributed by atoms with Crippen molar-refractivity contribution in [2.75, 3.05) is 11.5 Å². The SMILES string of the molecule is NCc1cn[nH]c1S(=O)(=O)NC1CCSC1. The molecule has 1 saturated heterocycles. The van der Waals surface area contributed by atoms with Gasteiger partial charge >= 0.3 is 0 Å². The molecular weight excluding hydrogens is 248 g/mol. The first-order valence-electron chi connectivity index (χ1n) is 4.96. The minimum atomic E-state index is -3.50. The highest BCUT2D eigenvalue weighted by molar-refractivity contribution is 7.99. The van der Waals surface area contributed by atoms with Crippen LogP contribution in [0.1, 0.15) is 12.0 Å². The predicted octanol–water partition coefficient (Wildman–Crippen LogP) is -0.348. The lowest BCUT2D eigenvalue weighted by molar-refractivity contribution is 0.558. The van der Waals surface area contributed by atoms with Crippen LogP contribution in [-0.4, -0.2) is 36.2 Å². The number of nitrogens with zero attached hydrogens (tertiary/aromatic N) is 1. The summed E-state index contributed by atoms with van der Waals surface area (Å²) in [5.74, 6) is 1.82. The Hall–Kier alpha value is -0.570. The molecule has 0 radical (unpaired) electrons. The van der Waals surface area contributed by atoms with Gasteiger partial charge in [-0.1, -0.05) is 0 Å². The van der Waals surface area contributed by atoms with Gasteiger partial charge in [0.15, 0.2) is 5.03 Å². The summed E-state index contributed by atoms with van der Waals surface area (Å²) in [6.07, 6.45) is 2.31. The maximum absolute atomic E-state index is 12.0. The Balaban J connectivity index is 2.18. The smallest absolute Gasteiger partial charge is 0.258 e. The molecule has 0 aliphatic carbocycles. The first-order valence-corrected chi connectivity index (χ1v) is 7.59. The standard InChI is InChI=1S/C8H14N4O2S2/c9-3-6-4-10-11-8(6)16(13,14)12-7-1-2-15-5-7/h4,7,12H,1-3,5,9H2,(H,10,11). The number of H-pyrrole nitrogens is 1. The molecule has 1 aromatic heterocycles. The van der Waals surface area contributed by atoms with Gasteiger partial charge in [-0.25, -0.2) is 13.1 Å². The minimum Gasteiger partial charge on any atom is -0.326 e. The molecule has 4 N–H and O–H groups in total. The number of aromatic amines is 1. The van der Waals surface area contributed by atoms with Crippen LogP contribution in [0.3, 0.4) is 0 Å². The van der Waals surface area contributed by atoms with Crippen LogP contribution in [-0.2, 0) is 16.6 Å². The lowest BCUT2D eigenvalue weighted by Crippen LogP contribution is -2.35. The van der Waals surface area contributed by atoms with Crippen molar-refractivity contribution in [2.24, 2.45) is 5.73 Å². The first kappa shape index (κ1) is 11.9. The molecule has 0 aromatic carbocycles. The van der Waals surface area contributed by atoms with Crippen LogP contribution in [0.25, 0.3) is 0 Å². The van der Waals surface area contributed by atoms with E-state index in [1.54, 1.807) is 11.8 Å². The molecule has 2 rings (SSSR count). The zero-order valence-corrected chi connectivity index (χ0v) is 10.3. The Morgan fingerprint density at radius 3 is 3.12 bits per heavy atom. The Morgan fingerprint density at radius 2 is 2.50 bits per heavy atom. The molecule has 1 aliphatic heterocycles. The van der Waals surface area contributed by atoms with E-state index in [-0.39, 0.29) is 17.6 Å². The van der Waals surface area contributed by atoms with Crippen molar-refractivity contribution in [1.29, 1.82) is 0 Å². The van der Waals surface area contributed by atoms with Gasteiger partial charge in [0.05, 0.1) is 6.20 Å². The quantitative estimate of drug-likeness (QED) is 0.688. The summed E-state index contributed by atoms with van der Waals surface area (Å²) in [6.45, 7) is 0.159. The molecule has 1 aromatic rings. The number of thioether (sulfide) groups is 1. The molecule has 8 heteroatoms. The molecule has 1 fully saturated rings. The molecule has 1 aliphatic rings. The maximum atomic E-state index is 12.0. The van der Waals surface area contributed by atoms with Crippen molar-refractivity contribution in [3.05, 3.63) is 11.8 Å². The Labute approximate surface area is 98.4 Å². The van der Waals surface area contributed by atoms with Crippen LogP contribution in [0.2, 0.25) is 0 Å². The van der Waals surface area contributed by atoms with Crippen molar-refractivity contribution < 1.29 is 8.42 Å². The van der Waals surface area contributed by atoms with Gasteiger partial charge in [0, 0.05) is 23.9 Å². The summed E-state index contributed by atoms with van der Waals surface area (Å²) in [5.41, 5.74) is 5.96. The van der Waals surface area contributed by atoms with Crippen LogP contribution in [0, 0.1) is 0 Å². The first-order chi connectivity index (χ1) is 7.63. The Kier molecular flexibility index (Phi) is 3.53. The summed E-state index contributed by atoms with van der Waals surface area (Å²) >= 11 is 1.75. The monoisotopic (exact) mass is 262 g/mol. The van der Waals surface area contributed by atoms with Gasteiger partial charge in [-0.15, -0.1) is 0 Å². The van der Waals surface area contributed by atoms with Crippen LogP contribution < -0.4 is 10.5 Å². The summed E-state index contributed by atoms with van der Waals surface area (Å²) in [4.78, 5) is 0. The summed E-state index contributed by atoms with van der Waals surface area (Å²) < 4.78 is 26.6. The van der Waals surface area contributed by atoms with Gasteiger partial charge < -0.3 is 5.73 Å². The molecule has 6 nitrogen and oxygen atoms in total. The fourth-order valence-corrected chi connectivity index (χ4v) is 4.25. The number of hydrogen-bond donors (Lipinski definition) is 3. The van der Waals surface area contributed by atoms with E-state index in [2.05, 4.69) is 14.9 Å². The third-order valence-corrected chi connectivity index (χ3v) is 5.12. The highest BCUT2D eigenvalue weighted by atomic mass is 32.2. The molecule has 0 saturated carbocycles. The second-order valence-corrected chi connectivity index (χ2v) is 6.41. The molecule has 2 heterocycles. The highest BCUT2D eigenvalue weighted by Crippen LogP contribution is 2.20. The highest BCUT2D eigenvalue weighted by Gasteiger charge is 2.26. The largest absolute Gasteiger partial charge is 0.326 e. The predicted molar refractivity (Wildman–Crippen MR) is 62.5 cm³/mol. The van der Waals surface area contributed by atoms with E-state index in [0.717, 1.165) is 17.9 Å². The number of nitrogens with two attached hydrogens (primary N) is 1. The van der Waals surface area contributed by atoms with E-state index in [1.165, 1.54) is 6.20 Å². The number of sulfonamides is 1. The van der Waals surface area contributed by atoms with Crippen molar-refractivity contribution in [3.8, 4) is 0 Å². The Morgan fingerprint density at radius 1 is 1.69 bits per heavy atom. The van der Waals surface area contributed by atoms with Crippen LogP contribution in [0.4, 0.5) is 0 Å². The minimum absolute atomic E-state index is 0.0175. The number of nitrogens with one attached hydrogen (secondary N) is 2. The van der Waals surface area contributed by atoms with Gasteiger partial charge in [-0.05, 0) is 12.2 Å². The lowest BCUT2D eigenvalue weighted by Gasteiger charge is -2.11. The lowest BCUT2D eigenvalue weighted by atomic mass is 10.3. The molecule has 1 unspecified atom stereocenters. The molecule has 16 heavy (non-hydrogen) atoms. The van der Waals surface area contributed by atoms with E-state index in [0.29, 0.717) is 5.56 Å². The van der Waals surface area contributed by atoms with E-state index in [4.69, 9.17) is 5.73 Å². The second kappa shape index (κ2) is 4.74. The van der Waals surface area contributed by atoms with Crippen LogP contribution >= 0.6 is 11.8 Å². The van der Waals surface area contributed by atoms with Gasteiger partial charge in [0.2, 0.25) is 0 Å². The summed E-state index contributed by atoms with van der Waals surface area (Å²) in [7, 11) is -3.50. The fraction of sp³-hybridized carbons (Fsp3) is 0.625. The third kappa shape index (κ3) is 2.40. The zero-order chi connectivity index (χ0) is 11.6. The van der Waals surface area contributed by atoms with Crippen molar-refractivity contribution in [2.45, 2.75) is 24.0 Å². The van der Waals surface area contributed by atoms with Crippen LogP contribution in [0.15, 0.2) is 11.2 Å². The Bertz CT molecular complexity index is 450.